The number of hydrogen-bond acceptors (Lipinski definition) is 3. The van der Waals surface area contributed by atoms with Gasteiger partial charge in [-0.05, 0) is 18.2 Å². The second-order valence-electron chi connectivity index (χ2n) is 1.72. The number of nitrogens with two attached hydrogens (primary N) is 1. The molecule has 0 unspecified atom stereocenters. The average molecular weight is 124 g/mol. The summed E-state index contributed by atoms with van der Waals surface area (Å²) in [7, 11) is 0. The van der Waals surface area contributed by atoms with Crippen molar-refractivity contribution in [2.75, 3.05) is 5.73 Å². The van der Waals surface area contributed by atoms with Gasteiger partial charge in [-0.3, -0.25) is 0 Å². The van der Waals surface area contributed by atoms with Crippen molar-refractivity contribution in [2.45, 2.75) is 0 Å². The van der Waals surface area contributed by atoms with Crippen LogP contribution in [0.15, 0.2) is 18.2 Å². The SMILES string of the molecule is Nc1ccc(O)cc1[O-]. The Balaban J connectivity index is 3.17. The minimum absolute atomic E-state index is 0.0470. The summed E-state index contributed by atoms with van der Waals surface area (Å²) >= 11 is 0. The van der Waals surface area contributed by atoms with Crippen LogP contribution in [0.1, 0.15) is 0 Å². The Morgan fingerprint density at radius 1 is 1.44 bits per heavy atom. The monoisotopic (exact) mass is 124 g/mol. The van der Waals surface area contributed by atoms with E-state index < -0.39 is 0 Å². The third-order valence-electron chi connectivity index (χ3n) is 0.997. The molecule has 3 N–H and O–H groups in total. The minimum atomic E-state index is -0.338. The smallest absolute Gasteiger partial charge is 0.115 e. The van der Waals surface area contributed by atoms with Crippen LogP contribution in [0, 0.1) is 0 Å². The van der Waals surface area contributed by atoms with E-state index in [0.29, 0.717) is 0 Å². The van der Waals surface area contributed by atoms with Crippen LogP contribution >= 0.6 is 0 Å². The molecule has 48 valence electrons. The largest absolute Gasteiger partial charge is 0.871 e. The molecule has 1 aromatic carbocycles. The molecule has 3 heteroatoms. The van der Waals surface area contributed by atoms with Gasteiger partial charge in [-0.2, -0.15) is 0 Å². The minimum Gasteiger partial charge on any atom is -0.871 e. The first-order valence-electron chi connectivity index (χ1n) is 2.45. The molecular weight excluding hydrogens is 118 g/mol. The van der Waals surface area contributed by atoms with E-state index in [4.69, 9.17) is 10.8 Å². The first-order chi connectivity index (χ1) is 4.20. The first-order valence-corrected chi connectivity index (χ1v) is 2.45. The van der Waals surface area contributed by atoms with Gasteiger partial charge in [0.05, 0.1) is 0 Å². The Morgan fingerprint density at radius 3 is 2.56 bits per heavy atom. The lowest BCUT2D eigenvalue weighted by Crippen LogP contribution is -1.95. The normalized spacial score (nSPS) is 9.33. The topological polar surface area (TPSA) is 69.3 Å². The maximum absolute atomic E-state index is 10.6. The Bertz CT molecular complexity index is 222. The van der Waals surface area contributed by atoms with Crippen LogP contribution in [0.5, 0.6) is 11.5 Å². The van der Waals surface area contributed by atoms with Gasteiger partial charge in [0.25, 0.3) is 0 Å². The third-order valence-corrected chi connectivity index (χ3v) is 0.997. The van der Waals surface area contributed by atoms with Gasteiger partial charge in [0, 0.05) is 5.69 Å². The zero-order valence-electron chi connectivity index (χ0n) is 4.66. The van der Waals surface area contributed by atoms with Crippen molar-refractivity contribution in [2.24, 2.45) is 0 Å². The molecule has 0 aromatic heterocycles. The highest BCUT2D eigenvalue weighted by molar-refractivity contribution is 5.53. The van der Waals surface area contributed by atoms with Crippen molar-refractivity contribution in [3.8, 4) is 11.5 Å². The summed E-state index contributed by atoms with van der Waals surface area (Å²) in [5.41, 5.74) is 5.33. The zero-order valence-corrected chi connectivity index (χ0v) is 4.66. The number of phenols is 1. The van der Waals surface area contributed by atoms with Crippen molar-refractivity contribution in [3.63, 3.8) is 0 Å². The van der Waals surface area contributed by atoms with E-state index in [1.54, 1.807) is 0 Å². The van der Waals surface area contributed by atoms with Crippen LogP contribution in [0.25, 0.3) is 0 Å². The molecule has 0 aliphatic rings. The second-order valence-corrected chi connectivity index (χ2v) is 1.72. The average Bonchev–Trinajstić information content (AvgIpc) is 1.80. The molecule has 0 amide bonds. The molecule has 3 nitrogen and oxygen atoms in total. The summed E-state index contributed by atoms with van der Waals surface area (Å²) in [4.78, 5) is 0. The summed E-state index contributed by atoms with van der Waals surface area (Å²) in [6, 6.07) is 3.82. The van der Waals surface area contributed by atoms with E-state index in [1.165, 1.54) is 12.1 Å². The van der Waals surface area contributed by atoms with Crippen molar-refractivity contribution < 1.29 is 10.2 Å². The Kier molecular flexibility index (Phi) is 1.18. The highest BCUT2D eigenvalue weighted by Crippen LogP contribution is 2.20. The van der Waals surface area contributed by atoms with Gasteiger partial charge >= 0.3 is 0 Å². The van der Waals surface area contributed by atoms with E-state index in [9.17, 15) is 5.11 Å². The maximum Gasteiger partial charge on any atom is 0.115 e. The Hall–Kier alpha value is -1.38. The number of anilines is 1. The number of hydrogen-bond donors (Lipinski definition) is 2. The number of benzene rings is 1. The van der Waals surface area contributed by atoms with Crippen LogP contribution in [-0.2, 0) is 0 Å². The van der Waals surface area contributed by atoms with Gasteiger partial charge in [-0.1, -0.05) is 5.75 Å². The standard InChI is InChI=1S/C6H7NO2/c7-5-2-1-4(8)3-6(5)9/h1-3,8-9H,7H2/p-1. The highest BCUT2D eigenvalue weighted by atomic mass is 16.3. The van der Waals surface area contributed by atoms with Gasteiger partial charge in [-0.15, -0.1) is 0 Å². The summed E-state index contributed by atoms with van der Waals surface area (Å²) < 4.78 is 0. The lowest BCUT2D eigenvalue weighted by molar-refractivity contribution is -0.267. The molecule has 9 heavy (non-hydrogen) atoms. The summed E-state index contributed by atoms with van der Waals surface area (Å²) in [5, 5.41) is 19.2. The molecular formula is C6H6NO2-. The molecule has 1 aromatic rings. The Morgan fingerprint density at radius 2 is 2.11 bits per heavy atom. The molecule has 0 saturated heterocycles. The van der Waals surface area contributed by atoms with Crippen molar-refractivity contribution >= 4 is 5.69 Å². The van der Waals surface area contributed by atoms with E-state index >= 15 is 0 Å². The fourth-order valence-corrected chi connectivity index (χ4v) is 0.523. The van der Waals surface area contributed by atoms with E-state index in [2.05, 4.69) is 0 Å². The zero-order chi connectivity index (χ0) is 6.85. The van der Waals surface area contributed by atoms with E-state index in [1.807, 2.05) is 0 Å². The van der Waals surface area contributed by atoms with Gasteiger partial charge in [0.1, 0.15) is 5.75 Å². The number of nitrogen functional groups attached to an aromatic ring is 1. The van der Waals surface area contributed by atoms with Gasteiger partial charge < -0.3 is 15.9 Å². The van der Waals surface area contributed by atoms with Gasteiger partial charge in [0.2, 0.25) is 0 Å². The number of phenolic OH excluding ortho intramolecular Hbond substituents is 1. The molecule has 0 atom stereocenters. The quantitative estimate of drug-likeness (QED) is 0.379. The summed E-state index contributed by atoms with van der Waals surface area (Å²) in [5.74, 6) is -0.385. The van der Waals surface area contributed by atoms with Crippen LogP contribution in [-0.4, -0.2) is 5.11 Å². The fourth-order valence-electron chi connectivity index (χ4n) is 0.523. The molecule has 0 aliphatic carbocycles. The molecule has 0 aliphatic heterocycles. The number of aromatic hydroxyl groups is 1. The lowest BCUT2D eigenvalue weighted by atomic mass is 10.3. The molecule has 0 bridgehead atoms. The van der Waals surface area contributed by atoms with Crippen molar-refractivity contribution in [1.82, 2.24) is 0 Å². The molecule has 0 fully saturated rings. The summed E-state index contributed by atoms with van der Waals surface area (Å²) in [6.07, 6.45) is 0. The fraction of sp³-hybridized carbons (Fsp3) is 0. The Labute approximate surface area is 52.4 Å². The van der Waals surface area contributed by atoms with Gasteiger partial charge in [0.15, 0.2) is 0 Å². The second kappa shape index (κ2) is 1.85. The van der Waals surface area contributed by atoms with E-state index in [-0.39, 0.29) is 17.2 Å². The molecule has 1 rings (SSSR count). The molecule has 0 spiro atoms. The molecule has 0 saturated carbocycles. The maximum atomic E-state index is 10.6. The molecule has 0 radical (unpaired) electrons. The molecule has 0 heterocycles. The van der Waals surface area contributed by atoms with Crippen LogP contribution in [0.3, 0.4) is 0 Å². The summed E-state index contributed by atoms with van der Waals surface area (Å²) in [6.45, 7) is 0. The number of rotatable bonds is 0. The van der Waals surface area contributed by atoms with Crippen molar-refractivity contribution in [3.05, 3.63) is 18.2 Å². The predicted molar refractivity (Wildman–Crippen MR) is 32.0 cm³/mol. The lowest BCUT2D eigenvalue weighted by Gasteiger charge is -2.07. The predicted octanol–water partition coefficient (Wildman–Crippen LogP) is 0.0480. The van der Waals surface area contributed by atoms with Crippen LogP contribution < -0.4 is 10.8 Å². The van der Waals surface area contributed by atoms with Gasteiger partial charge in [-0.25, -0.2) is 0 Å². The van der Waals surface area contributed by atoms with Crippen LogP contribution in [0.2, 0.25) is 0 Å². The van der Waals surface area contributed by atoms with E-state index in [0.717, 1.165) is 6.07 Å². The third kappa shape index (κ3) is 1.05. The van der Waals surface area contributed by atoms with Crippen molar-refractivity contribution in [1.29, 1.82) is 0 Å². The van der Waals surface area contributed by atoms with Crippen LogP contribution in [0.4, 0.5) is 5.69 Å². The highest BCUT2D eigenvalue weighted by Gasteiger charge is 1.87. The first kappa shape index (κ1) is 5.75.